The summed E-state index contributed by atoms with van der Waals surface area (Å²) in [5.41, 5.74) is 21.1. The van der Waals surface area contributed by atoms with Crippen LogP contribution in [-0.2, 0) is 0 Å². The van der Waals surface area contributed by atoms with Gasteiger partial charge in [-0.2, -0.15) is 0 Å². The highest BCUT2D eigenvalue weighted by molar-refractivity contribution is 6.09. The molecule has 0 aliphatic heterocycles. The van der Waals surface area contributed by atoms with Gasteiger partial charge in [-0.15, -0.1) is 0 Å². The maximum atomic E-state index is 2.40. The fourth-order valence-electron chi connectivity index (χ4n) is 10.5. The van der Waals surface area contributed by atoms with Crippen LogP contribution in [0.2, 0.25) is 0 Å². The van der Waals surface area contributed by atoms with Crippen molar-refractivity contribution in [3.63, 3.8) is 0 Å². The van der Waals surface area contributed by atoms with Crippen molar-refractivity contribution in [3.8, 4) is 72.4 Å². The molecule has 12 aromatic carbocycles. The molecule has 0 atom stereocenters. The molecule has 0 N–H and O–H groups in total. The third-order valence-electron chi connectivity index (χ3n) is 14.2. The molecule has 13 aromatic rings. The molecule has 2 nitrogen and oxygen atoms in total. The average Bonchev–Trinajstić information content (AvgIpc) is 3.80. The van der Waals surface area contributed by atoms with E-state index in [0.29, 0.717) is 0 Å². The molecular formula is C70H48N2. The Kier molecular flexibility index (Phi) is 10.9. The molecule has 1 aromatic heterocycles. The van der Waals surface area contributed by atoms with Crippen LogP contribution in [0.3, 0.4) is 0 Å². The first-order valence-electron chi connectivity index (χ1n) is 24.7. The number of anilines is 3. The molecule has 0 aliphatic rings. The van der Waals surface area contributed by atoms with Gasteiger partial charge in [0.25, 0.3) is 0 Å². The van der Waals surface area contributed by atoms with Crippen LogP contribution in [-0.4, -0.2) is 4.57 Å². The van der Waals surface area contributed by atoms with Crippen LogP contribution >= 0.6 is 0 Å². The number of aromatic nitrogens is 1. The van der Waals surface area contributed by atoms with E-state index >= 15 is 0 Å². The topological polar surface area (TPSA) is 8.17 Å². The standard InChI is InChI=1S/C70H48N2/c1-2-14-49(15-3-1)51-32-35-56(36-33-51)65-22-6-9-25-68(65)71(63-44-40-55(41-45-63)58-18-12-19-59(46-58)61-37-34-50-16-4-5-17-57(50)47-61)62-42-38-53(39-43-62)52-28-30-54(31-29-52)60-20-13-21-64(48-60)72-69-26-10-7-23-66(69)67-24-8-11-27-70(67)72/h1-48H. The summed E-state index contributed by atoms with van der Waals surface area (Å²) in [4.78, 5) is 2.40. The molecule has 0 unspecified atom stereocenters. The van der Waals surface area contributed by atoms with Gasteiger partial charge in [0.2, 0.25) is 0 Å². The zero-order valence-electron chi connectivity index (χ0n) is 39.6. The van der Waals surface area contributed by atoms with Crippen molar-refractivity contribution in [1.29, 1.82) is 0 Å². The van der Waals surface area contributed by atoms with Gasteiger partial charge in [-0.25, -0.2) is 0 Å². The second-order valence-corrected chi connectivity index (χ2v) is 18.5. The van der Waals surface area contributed by atoms with Gasteiger partial charge in [-0.05, 0) is 139 Å². The number of nitrogens with zero attached hydrogens (tertiary/aromatic N) is 2. The highest BCUT2D eigenvalue weighted by Crippen LogP contribution is 2.43. The Labute approximate surface area is 420 Å². The Morgan fingerprint density at radius 3 is 1.26 bits per heavy atom. The lowest BCUT2D eigenvalue weighted by Gasteiger charge is -2.28. The first-order valence-corrected chi connectivity index (χ1v) is 24.7. The molecule has 0 fully saturated rings. The first-order chi connectivity index (χ1) is 35.7. The molecule has 0 amide bonds. The molecule has 1 heterocycles. The second kappa shape index (κ2) is 18.4. The minimum atomic E-state index is 1.08. The van der Waals surface area contributed by atoms with E-state index in [-0.39, 0.29) is 0 Å². The summed E-state index contributed by atoms with van der Waals surface area (Å²) in [5, 5.41) is 5.03. The van der Waals surface area contributed by atoms with Crippen LogP contribution in [0.25, 0.3) is 105 Å². The fraction of sp³-hybridized carbons (Fsp3) is 0. The zero-order chi connectivity index (χ0) is 47.8. The summed E-state index contributed by atoms with van der Waals surface area (Å²) in [6.07, 6.45) is 0. The zero-order valence-corrected chi connectivity index (χ0v) is 39.6. The van der Waals surface area contributed by atoms with E-state index in [2.05, 4.69) is 301 Å². The van der Waals surface area contributed by atoms with Gasteiger partial charge in [0.05, 0.1) is 16.7 Å². The summed E-state index contributed by atoms with van der Waals surface area (Å²) in [7, 11) is 0. The fourth-order valence-corrected chi connectivity index (χ4v) is 10.5. The third kappa shape index (κ3) is 8.01. The number of rotatable bonds is 10. The smallest absolute Gasteiger partial charge is 0.0541 e. The van der Waals surface area contributed by atoms with Gasteiger partial charge < -0.3 is 9.47 Å². The van der Waals surface area contributed by atoms with Crippen LogP contribution in [0.15, 0.2) is 291 Å². The normalized spacial score (nSPS) is 11.3. The van der Waals surface area contributed by atoms with Crippen LogP contribution in [0.5, 0.6) is 0 Å². The summed E-state index contributed by atoms with van der Waals surface area (Å²) >= 11 is 0. The maximum absolute atomic E-state index is 2.40. The molecule has 0 bridgehead atoms. The van der Waals surface area contributed by atoms with E-state index in [0.717, 1.165) is 39.4 Å². The van der Waals surface area contributed by atoms with Gasteiger partial charge >= 0.3 is 0 Å². The molecule has 2 heteroatoms. The van der Waals surface area contributed by atoms with Crippen molar-refractivity contribution in [2.75, 3.05) is 4.90 Å². The molecule has 0 saturated heterocycles. The highest BCUT2D eigenvalue weighted by atomic mass is 15.1. The molecule has 0 aliphatic carbocycles. The van der Waals surface area contributed by atoms with Crippen LogP contribution in [0.4, 0.5) is 17.1 Å². The minimum Gasteiger partial charge on any atom is -0.310 e. The number of para-hydroxylation sites is 3. The predicted molar refractivity (Wildman–Crippen MR) is 306 cm³/mol. The lowest BCUT2D eigenvalue weighted by Crippen LogP contribution is -2.11. The van der Waals surface area contributed by atoms with Crippen molar-refractivity contribution in [3.05, 3.63) is 291 Å². The van der Waals surface area contributed by atoms with Crippen LogP contribution in [0, 0.1) is 0 Å². The van der Waals surface area contributed by atoms with E-state index in [1.807, 2.05) is 0 Å². The third-order valence-corrected chi connectivity index (χ3v) is 14.2. The van der Waals surface area contributed by atoms with E-state index in [9.17, 15) is 0 Å². The van der Waals surface area contributed by atoms with Crippen LogP contribution in [0.1, 0.15) is 0 Å². The molecular weight excluding hydrogens is 869 g/mol. The van der Waals surface area contributed by atoms with Crippen molar-refractivity contribution >= 4 is 49.6 Å². The maximum Gasteiger partial charge on any atom is 0.0541 e. The van der Waals surface area contributed by atoms with Crippen molar-refractivity contribution in [2.24, 2.45) is 0 Å². The Morgan fingerprint density at radius 1 is 0.236 bits per heavy atom. The largest absolute Gasteiger partial charge is 0.310 e. The monoisotopic (exact) mass is 916 g/mol. The molecule has 0 radical (unpaired) electrons. The summed E-state index contributed by atoms with van der Waals surface area (Å²) in [6.45, 7) is 0. The second-order valence-electron chi connectivity index (χ2n) is 18.5. The molecule has 13 rings (SSSR count). The number of benzene rings is 12. The summed E-state index contributed by atoms with van der Waals surface area (Å²) in [5.74, 6) is 0. The van der Waals surface area contributed by atoms with E-state index in [1.165, 1.54) is 82.6 Å². The number of hydrogen-bond donors (Lipinski definition) is 0. The lowest BCUT2D eigenvalue weighted by atomic mass is 9.96. The van der Waals surface area contributed by atoms with E-state index < -0.39 is 0 Å². The van der Waals surface area contributed by atoms with E-state index in [4.69, 9.17) is 0 Å². The van der Waals surface area contributed by atoms with Gasteiger partial charge in [0.1, 0.15) is 0 Å². The van der Waals surface area contributed by atoms with Crippen molar-refractivity contribution in [2.45, 2.75) is 0 Å². The Hall–Kier alpha value is -9.50. The Morgan fingerprint density at radius 2 is 0.639 bits per heavy atom. The molecule has 338 valence electrons. The molecule has 0 saturated carbocycles. The Bertz CT molecular complexity index is 4000. The Balaban J connectivity index is 0.832. The number of hydrogen-bond acceptors (Lipinski definition) is 1. The minimum absolute atomic E-state index is 1.08. The molecule has 72 heavy (non-hydrogen) atoms. The average molecular weight is 917 g/mol. The molecule has 0 spiro atoms. The number of fused-ring (bicyclic) bond motifs is 4. The van der Waals surface area contributed by atoms with Gasteiger partial charge in [-0.3, -0.25) is 0 Å². The van der Waals surface area contributed by atoms with Gasteiger partial charge in [0, 0.05) is 33.4 Å². The first kappa shape index (κ1) is 42.6. The van der Waals surface area contributed by atoms with E-state index in [1.54, 1.807) is 0 Å². The highest BCUT2D eigenvalue weighted by Gasteiger charge is 2.19. The quantitative estimate of drug-likeness (QED) is 0.133. The summed E-state index contributed by atoms with van der Waals surface area (Å²) in [6, 6.07) is 106. The van der Waals surface area contributed by atoms with Gasteiger partial charge in [0.15, 0.2) is 0 Å². The predicted octanol–water partition coefficient (Wildman–Crippen LogP) is 19.4. The van der Waals surface area contributed by atoms with Crippen molar-refractivity contribution < 1.29 is 0 Å². The SMILES string of the molecule is c1ccc(-c2ccc(-c3ccccc3N(c3ccc(-c4ccc(-c5cccc(-n6c7ccccc7c7ccccc76)c5)cc4)cc3)c3ccc(-c4cccc(-c5ccc6ccccc6c5)c4)cc3)cc2)cc1. The summed E-state index contributed by atoms with van der Waals surface area (Å²) < 4.78 is 2.38. The van der Waals surface area contributed by atoms with Crippen molar-refractivity contribution in [1.82, 2.24) is 4.57 Å². The van der Waals surface area contributed by atoms with Crippen LogP contribution < -0.4 is 4.90 Å². The lowest BCUT2D eigenvalue weighted by molar-refractivity contribution is 1.18. The van der Waals surface area contributed by atoms with Gasteiger partial charge in [-0.1, -0.05) is 224 Å².